The van der Waals surface area contributed by atoms with Crippen LogP contribution in [-0.4, -0.2) is 25.6 Å². The van der Waals surface area contributed by atoms with Gasteiger partial charge in [-0.2, -0.15) is 0 Å². The zero-order valence-electron chi connectivity index (χ0n) is 12.2. The van der Waals surface area contributed by atoms with E-state index < -0.39 is 10.9 Å². The van der Waals surface area contributed by atoms with Crippen LogP contribution in [0.25, 0.3) is 0 Å². The standard InChI is InChI=1S/C13H30O3S/c1-6-10-11-13(5)12-17(14-7-2,15-8-3)16-9-4/h13H,6-12H2,1-5H3. The second-order valence-electron chi connectivity index (χ2n) is 4.19. The second kappa shape index (κ2) is 10.2. The van der Waals surface area contributed by atoms with E-state index in [1.807, 2.05) is 20.8 Å². The van der Waals surface area contributed by atoms with Crippen molar-refractivity contribution < 1.29 is 12.5 Å². The van der Waals surface area contributed by atoms with Crippen LogP contribution in [0.2, 0.25) is 0 Å². The molecule has 0 aliphatic heterocycles. The van der Waals surface area contributed by atoms with Gasteiger partial charge < -0.3 is 0 Å². The highest BCUT2D eigenvalue weighted by Gasteiger charge is 2.28. The summed E-state index contributed by atoms with van der Waals surface area (Å²) in [6, 6.07) is 0. The summed E-state index contributed by atoms with van der Waals surface area (Å²) in [5.41, 5.74) is 0. The van der Waals surface area contributed by atoms with Crippen LogP contribution in [-0.2, 0) is 12.5 Å². The molecule has 106 valence electrons. The van der Waals surface area contributed by atoms with E-state index in [4.69, 9.17) is 12.5 Å². The summed E-state index contributed by atoms with van der Waals surface area (Å²) in [5, 5.41) is 0. The molecule has 0 radical (unpaired) electrons. The van der Waals surface area contributed by atoms with Crippen LogP contribution >= 0.6 is 10.9 Å². The van der Waals surface area contributed by atoms with E-state index in [9.17, 15) is 0 Å². The molecular formula is C13H30O3S. The molecular weight excluding hydrogens is 236 g/mol. The van der Waals surface area contributed by atoms with Crippen molar-refractivity contribution in [1.29, 1.82) is 0 Å². The largest absolute Gasteiger partial charge is 0.293 e. The van der Waals surface area contributed by atoms with Crippen LogP contribution in [0.15, 0.2) is 0 Å². The Bertz CT molecular complexity index is 159. The van der Waals surface area contributed by atoms with Gasteiger partial charge in [-0.15, -0.1) is 0 Å². The molecule has 0 aromatic heterocycles. The molecule has 0 saturated carbocycles. The lowest BCUT2D eigenvalue weighted by Crippen LogP contribution is -2.20. The fourth-order valence-corrected chi connectivity index (χ4v) is 4.20. The number of rotatable bonds is 11. The Kier molecular flexibility index (Phi) is 10.3. The van der Waals surface area contributed by atoms with Crippen molar-refractivity contribution in [2.24, 2.45) is 5.92 Å². The summed E-state index contributed by atoms with van der Waals surface area (Å²) in [6.07, 6.45) is 3.73. The first-order chi connectivity index (χ1) is 8.14. The SMILES string of the molecule is CCCCC(C)CS(OCC)(OCC)OCC. The summed E-state index contributed by atoms with van der Waals surface area (Å²) in [6.45, 7) is 12.4. The Morgan fingerprint density at radius 2 is 1.35 bits per heavy atom. The van der Waals surface area contributed by atoms with Crippen molar-refractivity contribution in [2.75, 3.05) is 25.6 Å². The van der Waals surface area contributed by atoms with Gasteiger partial charge in [0.15, 0.2) is 0 Å². The molecule has 0 spiro atoms. The van der Waals surface area contributed by atoms with Gasteiger partial charge in [0.2, 0.25) is 0 Å². The topological polar surface area (TPSA) is 27.7 Å². The summed E-state index contributed by atoms with van der Waals surface area (Å²) in [7, 11) is -1.78. The molecule has 0 aliphatic rings. The first-order valence-electron chi connectivity index (χ1n) is 6.88. The molecule has 0 amide bonds. The highest BCUT2D eigenvalue weighted by molar-refractivity contribution is 8.21. The van der Waals surface area contributed by atoms with Crippen molar-refractivity contribution in [3.05, 3.63) is 0 Å². The highest BCUT2D eigenvalue weighted by Crippen LogP contribution is 2.53. The van der Waals surface area contributed by atoms with Crippen LogP contribution in [0.4, 0.5) is 0 Å². The van der Waals surface area contributed by atoms with Crippen LogP contribution < -0.4 is 0 Å². The maximum Gasteiger partial charge on any atom is 0.0889 e. The van der Waals surface area contributed by atoms with Gasteiger partial charge in [0, 0.05) is 5.75 Å². The van der Waals surface area contributed by atoms with E-state index in [-0.39, 0.29) is 0 Å². The predicted molar refractivity (Wildman–Crippen MR) is 76.0 cm³/mol. The van der Waals surface area contributed by atoms with E-state index in [1.165, 1.54) is 19.3 Å². The van der Waals surface area contributed by atoms with E-state index in [2.05, 4.69) is 13.8 Å². The Morgan fingerprint density at radius 3 is 1.71 bits per heavy atom. The van der Waals surface area contributed by atoms with Gasteiger partial charge in [-0.3, -0.25) is 12.5 Å². The van der Waals surface area contributed by atoms with Crippen molar-refractivity contribution in [2.45, 2.75) is 53.9 Å². The highest BCUT2D eigenvalue weighted by atomic mass is 32.3. The van der Waals surface area contributed by atoms with E-state index in [1.54, 1.807) is 0 Å². The molecule has 0 heterocycles. The van der Waals surface area contributed by atoms with Crippen LogP contribution in [0.1, 0.15) is 53.9 Å². The number of hydrogen-bond acceptors (Lipinski definition) is 3. The van der Waals surface area contributed by atoms with Gasteiger partial charge in [-0.25, -0.2) is 0 Å². The zero-order valence-corrected chi connectivity index (χ0v) is 13.0. The van der Waals surface area contributed by atoms with E-state index in [0.717, 1.165) is 5.75 Å². The van der Waals surface area contributed by atoms with Gasteiger partial charge in [-0.05, 0) is 33.1 Å². The van der Waals surface area contributed by atoms with Crippen molar-refractivity contribution in [3.63, 3.8) is 0 Å². The third-order valence-electron chi connectivity index (χ3n) is 2.43. The molecule has 0 aromatic rings. The Labute approximate surface area is 109 Å². The molecule has 4 heteroatoms. The average Bonchev–Trinajstić information content (AvgIpc) is 2.27. The van der Waals surface area contributed by atoms with E-state index in [0.29, 0.717) is 25.7 Å². The van der Waals surface area contributed by atoms with E-state index >= 15 is 0 Å². The fraction of sp³-hybridized carbons (Fsp3) is 1.00. The predicted octanol–water partition coefficient (Wildman–Crippen LogP) is 4.47. The lowest BCUT2D eigenvalue weighted by Gasteiger charge is -2.38. The van der Waals surface area contributed by atoms with Gasteiger partial charge >= 0.3 is 0 Å². The molecule has 1 atom stereocenters. The van der Waals surface area contributed by atoms with Crippen LogP contribution in [0.3, 0.4) is 0 Å². The molecule has 0 rings (SSSR count). The lowest BCUT2D eigenvalue weighted by molar-refractivity contribution is 0.182. The fourth-order valence-electron chi connectivity index (χ4n) is 1.77. The third-order valence-corrected chi connectivity index (χ3v) is 5.19. The molecule has 0 aromatic carbocycles. The monoisotopic (exact) mass is 266 g/mol. The van der Waals surface area contributed by atoms with Gasteiger partial charge in [0.1, 0.15) is 0 Å². The van der Waals surface area contributed by atoms with Crippen molar-refractivity contribution in [3.8, 4) is 0 Å². The van der Waals surface area contributed by atoms with Gasteiger partial charge in [0.05, 0.1) is 30.7 Å². The minimum Gasteiger partial charge on any atom is -0.293 e. The molecule has 0 saturated heterocycles. The van der Waals surface area contributed by atoms with Crippen molar-refractivity contribution in [1.82, 2.24) is 0 Å². The van der Waals surface area contributed by atoms with Gasteiger partial charge in [0.25, 0.3) is 0 Å². The zero-order chi connectivity index (χ0) is 13.1. The summed E-state index contributed by atoms with van der Waals surface area (Å²) in [4.78, 5) is 0. The maximum atomic E-state index is 5.80. The Hall–Kier alpha value is 0.230. The first kappa shape index (κ1) is 17.2. The minimum absolute atomic E-state index is 0.592. The Balaban J connectivity index is 4.40. The normalized spacial score (nSPS) is 14.9. The van der Waals surface area contributed by atoms with Crippen LogP contribution in [0.5, 0.6) is 0 Å². The summed E-state index contributed by atoms with van der Waals surface area (Å²) >= 11 is 0. The number of hydrogen-bond donors (Lipinski definition) is 0. The lowest BCUT2D eigenvalue weighted by atomic mass is 10.1. The quantitative estimate of drug-likeness (QED) is 0.552. The molecule has 0 bridgehead atoms. The summed E-state index contributed by atoms with van der Waals surface area (Å²) < 4.78 is 17.4. The molecule has 3 nitrogen and oxygen atoms in total. The second-order valence-corrected chi connectivity index (χ2v) is 6.35. The third kappa shape index (κ3) is 7.29. The minimum atomic E-state index is -1.78. The molecule has 0 fully saturated rings. The van der Waals surface area contributed by atoms with Crippen molar-refractivity contribution >= 4 is 10.9 Å². The maximum absolute atomic E-state index is 5.80. The molecule has 0 aliphatic carbocycles. The Morgan fingerprint density at radius 1 is 0.882 bits per heavy atom. The smallest absolute Gasteiger partial charge is 0.0889 e. The molecule has 17 heavy (non-hydrogen) atoms. The number of unbranched alkanes of at least 4 members (excludes halogenated alkanes) is 1. The molecule has 0 N–H and O–H groups in total. The molecule has 1 unspecified atom stereocenters. The summed E-state index contributed by atoms with van der Waals surface area (Å²) in [5.74, 6) is 1.48. The van der Waals surface area contributed by atoms with Gasteiger partial charge in [-0.1, -0.05) is 26.7 Å². The first-order valence-corrected chi connectivity index (χ1v) is 8.45. The van der Waals surface area contributed by atoms with Crippen LogP contribution in [0, 0.1) is 5.92 Å². The average molecular weight is 266 g/mol.